The van der Waals surface area contributed by atoms with Gasteiger partial charge < -0.3 is 14.7 Å². The number of aromatic amines is 1. The average Bonchev–Trinajstić information content (AvgIpc) is 3.38. The number of nitrogens with zero attached hydrogens (tertiary/aromatic N) is 5. The molecule has 172 valence electrons. The lowest BCUT2D eigenvalue weighted by atomic mass is 10.0. The molecule has 0 bridgehead atoms. The van der Waals surface area contributed by atoms with E-state index in [1.807, 2.05) is 44.2 Å². The fourth-order valence-corrected chi connectivity index (χ4v) is 4.03. The van der Waals surface area contributed by atoms with Gasteiger partial charge in [0.25, 0.3) is 5.56 Å². The SMILES string of the molecule is Cc1ocnc1Cn1[nH]c2c(-c3ccc(=O)n(C(C)C)c3)c(-c3ccccc3)nc(N)[n+]2c1=O. The molecular formula is C24H24N7O3+. The first-order chi connectivity index (χ1) is 16.3. The number of pyridine rings is 1. The van der Waals surface area contributed by atoms with Crippen LogP contribution in [-0.2, 0) is 6.54 Å². The molecule has 0 saturated heterocycles. The van der Waals surface area contributed by atoms with Crippen molar-refractivity contribution in [2.75, 3.05) is 5.73 Å². The first kappa shape index (κ1) is 21.4. The lowest BCUT2D eigenvalue weighted by Gasteiger charge is -2.13. The summed E-state index contributed by atoms with van der Waals surface area (Å²) in [5, 5.41) is 3.19. The van der Waals surface area contributed by atoms with Crippen LogP contribution in [-0.4, -0.2) is 24.3 Å². The van der Waals surface area contributed by atoms with Gasteiger partial charge in [0.05, 0.1) is 5.56 Å². The summed E-state index contributed by atoms with van der Waals surface area (Å²) in [6, 6.07) is 12.8. The van der Waals surface area contributed by atoms with Crippen LogP contribution in [0.3, 0.4) is 0 Å². The Labute approximate surface area is 193 Å². The molecule has 1 aromatic carbocycles. The van der Waals surface area contributed by atoms with Crippen LogP contribution in [0.15, 0.2) is 69.1 Å². The van der Waals surface area contributed by atoms with Gasteiger partial charge in [-0.25, -0.2) is 14.9 Å². The lowest BCUT2D eigenvalue weighted by Crippen LogP contribution is -2.44. The number of aryl methyl sites for hydroxylation is 1. The average molecular weight is 459 g/mol. The Morgan fingerprint density at radius 3 is 2.56 bits per heavy atom. The molecular weight excluding hydrogens is 434 g/mol. The van der Waals surface area contributed by atoms with Gasteiger partial charge in [-0.3, -0.25) is 4.79 Å². The first-order valence-electron chi connectivity index (χ1n) is 10.9. The van der Waals surface area contributed by atoms with Gasteiger partial charge >= 0.3 is 11.6 Å². The number of hydrogen-bond donors (Lipinski definition) is 2. The third-order valence-corrected chi connectivity index (χ3v) is 5.80. The molecule has 4 heterocycles. The van der Waals surface area contributed by atoms with Crippen LogP contribution < -0.4 is 21.4 Å². The number of fused-ring (bicyclic) bond motifs is 1. The molecule has 5 rings (SSSR count). The van der Waals surface area contributed by atoms with Crippen molar-refractivity contribution in [3.05, 3.63) is 87.3 Å². The maximum atomic E-state index is 13.3. The fourth-order valence-electron chi connectivity index (χ4n) is 4.03. The number of oxazole rings is 1. The standard InChI is InChI=1S/C24H23N7O3/c1-14(2)29-11-17(9-10-19(29)32)20-21(16-7-5-4-6-8-16)27-23(25)31-22(20)28-30(24(31)33)12-18-15(3)34-13-26-18/h4-11,13-14H,12H2,1-3H3,(H2,25,27,28)/p+1. The van der Waals surface area contributed by atoms with Gasteiger partial charge in [-0.05, 0) is 26.8 Å². The van der Waals surface area contributed by atoms with Crippen LogP contribution >= 0.6 is 0 Å². The Kier molecular flexibility index (Phi) is 5.12. The van der Waals surface area contributed by atoms with E-state index in [0.717, 1.165) is 11.1 Å². The highest BCUT2D eigenvalue weighted by Gasteiger charge is 2.26. The van der Waals surface area contributed by atoms with E-state index in [-0.39, 0.29) is 29.8 Å². The highest BCUT2D eigenvalue weighted by Crippen LogP contribution is 2.32. The second kappa shape index (κ2) is 8.14. The summed E-state index contributed by atoms with van der Waals surface area (Å²) in [4.78, 5) is 34.5. The quantitative estimate of drug-likeness (QED) is 0.389. The molecule has 0 atom stereocenters. The molecule has 10 heteroatoms. The van der Waals surface area contributed by atoms with Crippen molar-refractivity contribution in [1.82, 2.24) is 24.3 Å². The minimum atomic E-state index is -0.388. The van der Waals surface area contributed by atoms with Gasteiger partial charge in [0.1, 0.15) is 23.7 Å². The highest BCUT2D eigenvalue weighted by atomic mass is 16.3. The second-order valence-corrected chi connectivity index (χ2v) is 8.34. The Hall–Kier alpha value is -4.47. The number of anilines is 1. The molecule has 0 spiro atoms. The van der Waals surface area contributed by atoms with Crippen molar-refractivity contribution in [1.29, 1.82) is 0 Å². The largest absolute Gasteiger partial charge is 0.448 e. The van der Waals surface area contributed by atoms with Crippen molar-refractivity contribution in [2.24, 2.45) is 0 Å². The maximum absolute atomic E-state index is 13.3. The predicted molar refractivity (Wildman–Crippen MR) is 126 cm³/mol. The summed E-state index contributed by atoms with van der Waals surface area (Å²) in [6.45, 7) is 5.84. The van der Waals surface area contributed by atoms with E-state index in [9.17, 15) is 9.59 Å². The number of hydrogen-bond acceptors (Lipinski definition) is 6. The number of benzene rings is 1. The van der Waals surface area contributed by atoms with Crippen LogP contribution in [0.25, 0.3) is 28.0 Å². The van der Waals surface area contributed by atoms with E-state index >= 15 is 0 Å². The van der Waals surface area contributed by atoms with Gasteiger partial charge in [0, 0.05) is 29.4 Å². The summed E-state index contributed by atoms with van der Waals surface area (Å²) in [5.74, 6) is 0.669. The predicted octanol–water partition coefficient (Wildman–Crippen LogP) is 2.31. The Balaban J connectivity index is 1.84. The van der Waals surface area contributed by atoms with Gasteiger partial charge in [-0.1, -0.05) is 30.3 Å². The summed E-state index contributed by atoms with van der Waals surface area (Å²) in [7, 11) is 0. The molecule has 10 nitrogen and oxygen atoms in total. The van der Waals surface area contributed by atoms with Crippen molar-refractivity contribution in [3.8, 4) is 22.4 Å². The van der Waals surface area contributed by atoms with E-state index in [1.165, 1.54) is 21.5 Å². The number of H-pyrrole nitrogens is 1. The normalized spacial score (nSPS) is 11.5. The highest BCUT2D eigenvalue weighted by molar-refractivity contribution is 5.88. The van der Waals surface area contributed by atoms with E-state index in [2.05, 4.69) is 15.1 Å². The Morgan fingerprint density at radius 1 is 1.12 bits per heavy atom. The van der Waals surface area contributed by atoms with Gasteiger partial charge in [0.15, 0.2) is 6.39 Å². The second-order valence-electron chi connectivity index (χ2n) is 8.34. The van der Waals surface area contributed by atoms with Gasteiger partial charge in [-0.15, -0.1) is 9.38 Å². The van der Waals surface area contributed by atoms with E-state index in [4.69, 9.17) is 10.2 Å². The van der Waals surface area contributed by atoms with Crippen LogP contribution in [0.1, 0.15) is 31.3 Å². The molecule has 0 radical (unpaired) electrons. The third-order valence-electron chi connectivity index (χ3n) is 5.80. The van der Waals surface area contributed by atoms with Crippen molar-refractivity contribution < 1.29 is 8.82 Å². The first-order valence-corrected chi connectivity index (χ1v) is 10.9. The lowest BCUT2D eigenvalue weighted by molar-refractivity contribution is -0.516. The molecule has 0 amide bonds. The molecule has 3 N–H and O–H groups in total. The van der Waals surface area contributed by atoms with Gasteiger partial charge in [-0.2, -0.15) is 4.68 Å². The monoisotopic (exact) mass is 458 g/mol. The molecule has 0 saturated carbocycles. The van der Waals surface area contributed by atoms with E-state index in [0.29, 0.717) is 28.4 Å². The third kappa shape index (κ3) is 3.49. The van der Waals surface area contributed by atoms with Crippen molar-refractivity contribution in [2.45, 2.75) is 33.4 Å². The fraction of sp³-hybridized carbons (Fsp3) is 0.208. The van der Waals surface area contributed by atoms with E-state index in [1.54, 1.807) is 23.8 Å². The summed E-state index contributed by atoms with van der Waals surface area (Å²) >= 11 is 0. The number of rotatable bonds is 5. The zero-order chi connectivity index (χ0) is 24.0. The van der Waals surface area contributed by atoms with Crippen LogP contribution in [0.4, 0.5) is 5.95 Å². The van der Waals surface area contributed by atoms with Crippen LogP contribution in [0.5, 0.6) is 0 Å². The number of nitrogens with one attached hydrogen (secondary N) is 1. The number of nitrogens with two attached hydrogens (primary N) is 1. The molecule has 0 aliphatic heterocycles. The molecule has 0 aliphatic carbocycles. The molecule has 0 aliphatic rings. The van der Waals surface area contributed by atoms with E-state index < -0.39 is 0 Å². The van der Waals surface area contributed by atoms with Crippen LogP contribution in [0, 0.1) is 6.92 Å². The molecule has 0 unspecified atom stereocenters. The Morgan fingerprint density at radius 2 is 1.88 bits per heavy atom. The van der Waals surface area contributed by atoms with Crippen molar-refractivity contribution in [3.63, 3.8) is 0 Å². The summed E-state index contributed by atoms with van der Waals surface area (Å²) in [6.07, 6.45) is 3.12. The topological polar surface area (TPSA) is 129 Å². The van der Waals surface area contributed by atoms with Crippen LogP contribution in [0.2, 0.25) is 0 Å². The number of aromatic nitrogens is 6. The minimum Gasteiger partial charge on any atom is -0.448 e. The molecule has 34 heavy (non-hydrogen) atoms. The molecule has 4 aromatic heterocycles. The molecule has 5 aromatic rings. The Bertz CT molecular complexity index is 1620. The molecule has 0 fully saturated rings. The van der Waals surface area contributed by atoms with Crippen molar-refractivity contribution >= 4 is 11.6 Å². The summed E-state index contributed by atoms with van der Waals surface area (Å²) < 4.78 is 9.67. The smallest absolute Gasteiger partial charge is 0.428 e. The van der Waals surface area contributed by atoms with Gasteiger partial charge in [0.2, 0.25) is 5.65 Å². The summed E-state index contributed by atoms with van der Waals surface area (Å²) in [5.41, 5.74) is 9.68. The zero-order valence-electron chi connectivity index (χ0n) is 19.0. The zero-order valence-corrected chi connectivity index (χ0v) is 19.0. The number of nitrogen functional groups attached to an aromatic ring is 1. The maximum Gasteiger partial charge on any atom is 0.428 e. The minimum absolute atomic E-state index is 0.0451.